The van der Waals surface area contributed by atoms with Gasteiger partial charge in [0.25, 0.3) is 0 Å². The molecule has 0 unspecified atom stereocenters. The number of hydrogen-bond acceptors (Lipinski definition) is 4. The van der Waals surface area contributed by atoms with Crippen LogP contribution in [0.2, 0.25) is 0 Å². The third-order valence-corrected chi connectivity index (χ3v) is 2.75. The fourth-order valence-electron chi connectivity index (χ4n) is 1.81. The van der Waals surface area contributed by atoms with Gasteiger partial charge in [0.15, 0.2) is 18.1 Å². The first kappa shape index (κ1) is 15.6. The summed E-state index contributed by atoms with van der Waals surface area (Å²) >= 11 is 0. The van der Waals surface area contributed by atoms with Gasteiger partial charge in [0.1, 0.15) is 0 Å². The van der Waals surface area contributed by atoms with Crippen molar-refractivity contribution in [1.29, 1.82) is 0 Å². The fourth-order valence-corrected chi connectivity index (χ4v) is 1.81. The lowest BCUT2D eigenvalue weighted by molar-refractivity contribution is -0.139. The molecule has 2 aromatic rings. The second-order valence-electron chi connectivity index (χ2n) is 4.41. The van der Waals surface area contributed by atoms with E-state index in [0.717, 1.165) is 11.3 Å². The predicted molar refractivity (Wildman–Crippen MR) is 83.9 cm³/mol. The molecule has 0 radical (unpaired) electrons. The average Bonchev–Trinajstić information content (AvgIpc) is 2.53. The molecule has 5 nitrogen and oxygen atoms in total. The van der Waals surface area contributed by atoms with Gasteiger partial charge in [0.05, 0.1) is 12.3 Å². The molecule has 0 aliphatic heterocycles. The number of benzene rings is 1. The smallest absolute Gasteiger partial charge is 0.341 e. The Hall–Kier alpha value is -2.82. The molecule has 0 fully saturated rings. The van der Waals surface area contributed by atoms with Gasteiger partial charge >= 0.3 is 5.97 Å². The van der Waals surface area contributed by atoms with Gasteiger partial charge in [-0.25, -0.2) is 4.79 Å². The molecule has 0 aliphatic carbocycles. The zero-order valence-corrected chi connectivity index (χ0v) is 12.2. The van der Waals surface area contributed by atoms with Crippen LogP contribution in [0.1, 0.15) is 18.2 Å². The lowest BCUT2D eigenvalue weighted by atomic mass is 10.1. The molecular formula is C17H17NO4. The largest absolute Gasteiger partial charge is 0.490 e. The molecule has 114 valence electrons. The van der Waals surface area contributed by atoms with Gasteiger partial charge < -0.3 is 14.6 Å². The van der Waals surface area contributed by atoms with E-state index < -0.39 is 12.6 Å². The molecule has 22 heavy (non-hydrogen) atoms. The lowest BCUT2D eigenvalue weighted by Crippen LogP contribution is -2.10. The maximum absolute atomic E-state index is 10.6. The van der Waals surface area contributed by atoms with E-state index in [1.165, 1.54) is 0 Å². The summed E-state index contributed by atoms with van der Waals surface area (Å²) in [5.74, 6) is -0.0901. The van der Waals surface area contributed by atoms with Gasteiger partial charge in [0.2, 0.25) is 0 Å². The van der Waals surface area contributed by atoms with Crippen LogP contribution >= 0.6 is 0 Å². The van der Waals surface area contributed by atoms with Crippen LogP contribution in [0.4, 0.5) is 0 Å². The van der Waals surface area contributed by atoms with Crippen molar-refractivity contribution in [3.05, 3.63) is 53.9 Å². The van der Waals surface area contributed by atoms with Gasteiger partial charge in [-0.3, -0.25) is 4.98 Å². The van der Waals surface area contributed by atoms with Gasteiger partial charge in [-0.1, -0.05) is 18.2 Å². The van der Waals surface area contributed by atoms with Crippen LogP contribution in [-0.2, 0) is 4.79 Å². The maximum Gasteiger partial charge on any atom is 0.341 e. The Kier molecular flexibility index (Phi) is 5.54. The molecule has 0 saturated carbocycles. The van der Waals surface area contributed by atoms with Crippen LogP contribution in [0.5, 0.6) is 11.5 Å². The molecule has 5 heteroatoms. The molecule has 1 aromatic carbocycles. The summed E-state index contributed by atoms with van der Waals surface area (Å²) in [6, 6.07) is 11.0. The second-order valence-corrected chi connectivity index (χ2v) is 4.41. The number of rotatable bonds is 7. The van der Waals surface area contributed by atoms with Gasteiger partial charge in [-0.05, 0) is 42.8 Å². The molecule has 1 aromatic heterocycles. The van der Waals surface area contributed by atoms with Crippen molar-refractivity contribution in [3.63, 3.8) is 0 Å². The molecule has 0 aliphatic rings. The summed E-state index contributed by atoms with van der Waals surface area (Å²) < 4.78 is 10.7. The zero-order valence-electron chi connectivity index (χ0n) is 12.2. The second kappa shape index (κ2) is 7.83. The Balaban J connectivity index is 2.17. The minimum atomic E-state index is -1.03. The third kappa shape index (κ3) is 4.63. The topological polar surface area (TPSA) is 68.7 Å². The van der Waals surface area contributed by atoms with E-state index in [9.17, 15) is 4.79 Å². The van der Waals surface area contributed by atoms with Crippen LogP contribution in [0.15, 0.2) is 42.6 Å². The zero-order chi connectivity index (χ0) is 15.8. The molecule has 0 amide bonds. The van der Waals surface area contributed by atoms with E-state index in [4.69, 9.17) is 14.6 Å². The SMILES string of the molecule is CCOc1cc(/C=C/c2ccccn2)ccc1OCC(=O)O. The van der Waals surface area contributed by atoms with E-state index in [2.05, 4.69) is 4.98 Å². The van der Waals surface area contributed by atoms with Crippen LogP contribution in [0.3, 0.4) is 0 Å². The molecule has 0 atom stereocenters. The molecular weight excluding hydrogens is 282 g/mol. The highest BCUT2D eigenvalue weighted by atomic mass is 16.5. The van der Waals surface area contributed by atoms with Crippen molar-refractivity contribution >= 4 is 18.1 Å². The highest BCUT2D eigenvalue weighted by molar-refractivity contribution is 5.70. The number of carboxylic acid groups (broad SMARTS) is 1. The number of nitrogens with zero attached hydrogens (tertiary/aromatic N) is 1. The first-order valence-corrected chi connectivity index (χ1v) is 6.89. The monoisotopic (exact) mass is 299 g/mol. The molecule has 0 spiro atoms. The number of carboxylic acids is 1. The predicted octanol–water partition coefficient (Wildman–Crippen LogP) is 3.11. The van der Waals surface area contributed by atoms with Crippen LogP contribution < -0.4 is 9.47 Å². The average molecular weight is 299 g/mol. The number of ether oxygens (including phenoxy) is 2. The minimum Gasteiger partial charge on any atom is -0.490 e. The van der Waals surface area contributed by atoms with Gasteiger partial charge in [-0.2, -0.15) is 0 Å². The first-order valence-electron chi connectivity index (χ1n) is 6.89. The number of aliphatic carboxylic acids is 1. The van der Waals surface area contributed by atoms with E-state index in [1.54, 1.807) is 18.3 Å². The van der Waals surface area contributed by atoms with Crippen LogP contribution in [0, 0.1) is 0 Å². The summed E-state index contributed by atoms with van der Waals surface area (Å²) in [4.78, 5) is 14.8. The number of hydrogen-bond donors (Lipinski definition) is 1. The Morgan fingerprint density at radius 1 is 1.18 bits per heavy atom. The van der Waals surface area contributed by atoms with Crippen LogP contribution in [0.25, 0.3) is 12.2 Å². The van der Waals surface area contributed by atoms with Crippen molar-refractivity contribution < 1.29 is 19.4 Å². The summed E-state index contributed by atoms with van der Waals surface area (Å²) in [7, 11) is 0. The van der Waals surface area contributed by atoms with Crippen molar-refractivity contribution in [2.24, 2.45) is 0 Å². The standard InChI is InChI=1S/C17H17NO4/c1-2-21-16-11-13(6-8-14-5-3-4-10-18-14)7-9-15(16)22-12-17(19)20/h3-11H,2,12H2,1H3,(H,19,20)/b8-6+. The lowest BCUT2D eigenvalue weighted by Gasteiger charge is -2.11. The van der Waals surface area contributed by atoms with Gasteiger partial charge in [-0.15, -0.1) is 0 Å². The van der Waals surface area contributed by atoms with Crippen LogP contribution in [-0.4, -0.2) is 29.3 Å². The highest BCUT2D eigenvalue weighted by Gasteiger charge is 2.07. The van der Waals surface area contributed by atoms with Crippen molar-refractivity contribution in [3.8, 4) is 11.5 Å². The quantitative estimate of drug-likeness (QED) is 0.850. The Bertz CT molecular complexity index is 653. The van der Waals surface area contributed by atoms with E-state index >= 15 is 0 Å². The Labute approximate surface area is 128 Å². The van der Waals surface area contributed by atoms with Crippen molar-refractivity contribution in [1.82, 2.24) is 4.98 Å². The number of aromatic nitrogens is 1. The normalized spacial score (nSPS) is 10.6. The number of carbonyl (C=O) groups is 1. The van der Waals surface area contributed by atoms with E-state index in [0.29, 0.717) is 18.1 Å². The first-order chi connectivity index (χ1) is 10.7. The summed E-state index contributed by atoms with van der Waals surface area (Å²) in [5, 5.41) is 8.68. The third-order valence-electron chi connectivity index (χ3n) is 2.75. The fraction of sp³-hybridized carbons (Fsp3) is 0.176. The summed E-state index contributed by atoms with van der Waals surface area (Å²) in [6.07, 6.45) is 5.53. The summed E-state index contributed by atoms with van der Waals surface area (Å²) in [6.45, 7) is 1.93. The Morgan fingerprint density at radius 3 is 2.73 bits per heavy atom. The van der Waals surface area contributed by atoms with E-state index in [-0.39, 0.29) is 0 Å². The van der Waals surface area contributed by atoms with Crippen molar-refractivity contribution in [2.75, 3.05) is 13.2 Å². The molecule has 0 bridgehead atoms. The van der Waals surface area contributed by atoms with E-state index in [1.807, 2.05) is 43.3 Å². The maximum atomic E-state index is 10.6. The molecule has 1 N–H and O–H groups in total. The molecule has 1 heterocycles. The highest BCUT2D eigenvalue weighted by Crippen LogP contribution is 2.29. The summed E-state index contributed by atoms with van der Waals surface area (Å²) in [5.41, 5.74) is 1.77. The molecule has 0 saturated heterocycles. The Morgan fingerprint density at radius 2 is 2.05 bits per heavy atom. The molecule has 2 rings (SSSR count). The van der Waals surface area contributed by atoms with Crippen molar-refractivity contribution in [2.45, 2.75) is 6.92 Å². The minimum absolute atomic E-state index is 0.400. The number of pyridine rings is 1. The van der Waals surface area contributed by atoms with Gasteiger partial charge in [0, 0.05) is 6.20 Å².